The van der Waals surface area contributed by atoms with Crippen molar-refractivity contribution in [1.82, 2.24) is 19.9 Å². The fraction of sp³-hybridized carbons (Fsp3) is 0.385. The summed E-state index contributed by atoms with van der Waals surface area (Å²) in [6, 6.07) is 6.81. The molecule has 1 fully saturated rings. The van der Waals surface area contributed by atoms with Gasteiger partial charge in [0.15, 0.2) is 0 Å². The molecule has 17 heavy (non-hydrogen) atoms. The maximum Gasteiger partial charge on any atom is 0.0922 e. The molecule has 4 nitrogen and oxygen atoms in total. The Bertz CT molecular complexity index is 448. The molecule has 0 saturated heterocycles. The zero-order valence-electron chi connectivity index (χ0n) is 9.71. The van der Waals surface area contributed by atoms with Gasteiger partial charge in [0, 0.05) is 37.2 Å². The van der Waals surface area contributed by atoms with Gasteiger partial charge in [-0.1, -0.05) is 6.07 Å². The Morgan fingerprint density at radius 3 is 2.88 bits per heavy atom. The Morgan fingerprint density at radius 1 is 1.29 bits per heavy atom. The van der Waals surface area contributed by atoms with Gasteiger partial charge in [-0.2, -0.15) is 0 Å². The zero-order valence-corrected chi connectivity index (χ0v) is 9.71. The maximum atomic E-state index is 4.39. The normalized spacial score (nSPS) is 15.4. The molecule has 0 spiro atoms. The molecule has 2 heterocycles. The Labute approximate surface area is 101 Å². The highest BCUT2D eigenvalue weighted by Gasteiger charge is 2.29. The number of nitrogens with one attached hydrogen (secondary N) is 1. The summed E-state index contributed by atoms with van der Waals surface area (Å²) in [5.74, 6) is 0. The highest BCUT2D eigenvalue weighted by Crippen LogP contribution is 2.29. The zero-order chi connectivity index (χ0) is 11.5. The summed E-state index contributed by atoms with van der Waals surface area (Å²) in [5.41, 5.74) is 2.31. The molecule has 0 aromatic carbocycles. The summed E-state index contributed by atoms with van der Waals surface area (Å²) in [6.45, 7) is 1.85. The van der Waals surface area contributed by atoms with Crippen LogP contribution in [0.15, 0.2) is 36.9 Å². The summed E-state index contributed by atoms with van der Waals surface area (Å²) in [4.78, 5) is 14.1. The van der Waals surface area contributed by atoms with Gasteiger partial charge >= 0.3 is 0 Å². The van der Waals surface area contributed by atoms with Gasteiger partial charge in [0.2, 0.25) is 0 Å². The van der Waals surface area contributed by atoms with E-state index in [1.165, 1.54) is 18.5 Å². The number of H-pyrrole nitrogens is 1. The second-order valence-corrected chi connectivity index (χ2v) is 4.53. The van der Waals surface area contributed by atoms with E-state index < -0.39 is 0 Å². The fourth-order valence-corrected chi connectivity index (χ4v) is 2.04. The van der Waals surface area contributed by atoms with E-state index in [9.17, 15) is 0 Å². The lowest BCUT2D eigenvalue weighted by atomic mass is 10.3. The van der Waals surface area contributed by atoms with Crippen LogP contribution in [0.1, 0.15) is 24.2 Å². The van der Waals surface area contributed by atoms with E-state index in [-0.39, 0.29) is 0 Å². The summed E-state index contributed by atoms with van der Waals surface area (Å²) in [5, 5.41) is 0. The summed E-state index contributed by atoms with van der Waals surface area (Å²) in [7, 11) is 0. The molecular weight excluding hydrogens is 212 g/mol. The first-order valence-electron chi connectivity index (χ1n) is 6.03. The molecule has 0 unspecified atom stereocenters. The Balaban J connectivity index is 1.68. The second kappa shape index (κ2) is 4.67. The molecule has 3 rings (SSSR count). The van der Waals surface area contributed by atoms with Crippen LogP contribution in [-0.2, 0) is 13.1 Å². The van der Waals surface area contributed by atoms with Gasteiger partial charge < -0.3 is 4.98 Å². The highest BCUT2D eigenvalue weighted by atomic mass is 15.2. The average Bonchev–Trinajstić information content (AvgIpc) is 3.09. The number of nitrogens with zero attached hydrogens (tertiary/aromatic N) is 3. The predicted octanol–water partition coefficient (Wildman–Crippen LogP) is 1.97. The standard InChI is InChI=1S/C13H16N4/c1-2-6-15-11(3-1)8-17(13-4-5-13)9-12-7-14-10-16-12/h1-3,6-7,10,13H,4-5,8-9H2,(H,14,16). The van der Waals surface area contributed by atoms with E-state index in [4.69, 9.17) is 0 Å². The van der Waals surface area contributed by atoms with Crippen LogP contribution < -0.4 is 0 Å². The first-order chi connectivity index (χ1) is 8.42. The van der Waals surface area contributed by atoms with Gasteiger partial charge in [-0.05, 0) is 25.0 Å². The topological polar surface area (TPSA) is 44.8 Å². The van der Waals surface area contributed by atoms with Crippen molar-refractivity contribution in [2.75, 3.05) is 0 Å². The number of rotatable bonds is 5. The largest absolute Gasteiger partial charge is 0.347 e. The number of aromatic nitrogens is 3. The van der Waals surface area contributed by atoms with Gasteiger partial charge in [-0.25, -0.2) is 4.98 Å². The minimum Gasteiger partial charge on any atom is -0.347 e. The summed E-state index contributed by atoms with van der Waals surface area (Å²) >= 11 is 0. The monoisotopic (exact) mass is 228 g/mol. The number of aromatic amines is 1. The quantitative estimate of drug-likeness (QED) is 0.851. The Kier molecular flexibility index (Phi) is 2.88. The van der Waals surface area contributed by atoms with Crippen LogP contribution in [-0.4, -0.2) is 25.9 Å². The molecule has 2 aromatic heterocycles. The molecule has 0 aliphatic heterocycles. The third-order valence-electron chi connectivity index (χ3n) is 3.08. The third kappa shape index (κ3) is 2.71. The lowest BCUT2D eigenvalue weighted by molar-refractivity contribution is 0.240. The molecule has 0 atom stereocenters. The first kappa shape index (κ1) is 10.5. The molecule has 0 amide bonds. The lowest BCUT2D eigenvalue weighted by Gasteiger charge is -2.20. The van der Waals surface area contributed by atoms with Crippen molar-refractivity contribution >= 4 is 0 Å². The smallest absolute Gasteiger partial charge is 0.0922 e. The van der Waals surface area contributed by atoms with Crippen molar-refractivity contribution in [1.29, 1.82) is 0 Å². The molecule has 1 aliphatic carbocycles. The van der Waals surface area contributed by atoms with E-state index in [0.29, 0.717) is 0 Å². The molecular formula is C13H16N4. The van der Waals surface area contributed by atoms with E-state index >= 15 is 0 Å². The van der Waals surface area contributed by atoms with Gasteiger partial charge in [-0.3, -0.25) is 9.88 Å². The van der Waals surface area contributed by atoms with Crippen LogP contribution in [0.25, 0.3) is 0 Å². The number of imidazole rings is 1. The predicted molar refractivity (Wildman–Crippen MR) is 65.1 cm³/mol. The van der Waals surface area contributed by atoms with Crippen molar-refractivity contribution < 1.29 is 0 Å². The van der Waals surface area contributed by atoms with Crippen molar-refractivity contribution in [2.45, 2.75) is 32.0 Å². The van der Waals surface area contributed by atoms with Crippen LogP contribution in [0.3, 0.4) is 0 Å². The molecule has 1 N–H and O–H groups in total. The van der Waals surface area contributed by atoms with E-state index in [0.717, 1.165) is 24.8 Å². The molecule has 1 aliphatic rings. The molecule has 88 valence electrons. The second-order valence-electron chi connectivity index (χ2n) is 4.53. The maximum absolute atomic E-state index is 4.39. The van der Waals surface area contributed by atoms with Gasteiger partial charge in [0.1, 0.15) is 0 Å². The third-order valence-corrected chi connectivity index (χ3v) is 3.08. The van der Waals surface area contributed by atoms with Gasteiger partial charge in [-0.15, -0.1) is 0 Å². The van der Waals surface area contributed by atoms with E-state index in [1.54, 1.807) is 6.33 Å². The highest BCUT2D eigenvalue weighted by molar-refractivity contribution is 5.05. The van der Waals surface area contributed by atoms with Crippen LogP contribution in [0.4, 0.5) is 0 Å². The molecule has 0 bridgehead atoms. The number of hydrogen-bond acceptors (Lipinski definition) is 3. The van der Waals surface area contributed by atoms with Crippen molar-refractivity contribution in [3.8, 4) is 0 Å². The minimum atomic E-state index is 0.723. The molecule has 4 heteroatoms. The summed E-state index contributed by atoms with van der Waals surface area (Å²) in [6.07, 6.45) is 8.10. The SMILES string of the molecule is c1ccc(CN(Cc2cnc[nH]2)C2CC2)nc1. The molecule has 2 aromatic rings. The minimum absolute atomic E-state index is 0.723. The van der Waals surface area contributed by atoms with Crippen LogP contribution in [0.2, 0.25) is 0 Å². The lowest BCUT2D eigenvalue weighted by Crippen LogP contribution is -2.25. The number of hydrogen-bond donors (Lipinski definition) is 1. The molecule has 1 saturated carbocycles. The fourth-order valence-electron chi connectivity index (χ4n) is 2.04. The first-order valence-corrected chi connectivity index (χ1v) is 6.03. The van der Waals surface area contributed by atoms with Crippen molar-refractivity contribution in [2.24, 2.45) is 0 Å². The van der Waals surface area contributed by atoms with Gasteiger partial charge in [0.25, 0.3) is 0 Å². The van der Waals surface area contributed by atoms with E-state index in [2.05, 4.69) is 25.9 Å². The Hall–Kier alpha value is -1.68. The Morgan fingerprint density at radius 2 is 2.24 bits per heavy atom. The van der Waals surface area contributed by atoms with Crippen LogP contribution >= 0.6 is 0 Å². The van der Waals surface area contributed by atoms with Crippen molar-refractivity contribution in [3.05, 3.63) is 48.3 Å². The summed E-state index contributed by atoms with van der Waals surface area (Å²) < 4.78 is 0. The molecule has 0 radical (unpaired) electrons. The van der Waals surface area contributed by atoms with E-state index in [1.807, 2.05) is 24.5 Å². The number of pyridine rings is 1. The van der Waals surface area contributed by atoms with Crippen molar-refractivity contribution in [3.63, 3.8) is 0 Å². The van der Waals surface area contributed by atoms with Gasteiger partial charge in [0.05, 0.1) is 12.0 Å². The average molecular weight is 228 g/mol. The van der Waals surface area contributed by atoms with Crippen LogP contribution in [0, 0.1) is 0 Å². The van der Waals surface area contributed by atoms with Crippen LogP contribution in [0.5, 0.6) is 0 Å².